The van der Waals surface area contributed by atoms with Crippen LogP contribution in [-0.2, 0) is 5.41 Å². The van der Waals surface area contributed by atoms with Crippen molar-refractivity contribution in [3.63, 3.8) is 0 Å². The van der Waals surface area contributed by atoms with E-state index in [1.807, 2.05) is 18.2 Å². The van der Waals surface area contributed by atoms with Gasteiger partial charge in [0.15, 0.2) is 0 Å². The number of phenols is 1. The lowest BCUT2D eigenvalue weighted by Crippen LogP contribution is -2.32. The van der Waals surface area contributed by atoms with E-state index < -0.39 is 0 Å². The van der Waals surface area contributed by atoms with Crippen LogP contribution in [-0.4, -0.2) is 5.11 Å². The molecule has 0 aliphatic rings. The minimum atomic E-state index is -0.305. The topological polar surface area (TPSA) is 20.2 Å². The number of para-hydroxylation sites is 1. The first-order chi connectivity index (χ1) is 13.7. The normalized spacial score (nSPS) is 14.4. The molecule has 2 unspecified atom stereocenters. The summed E-state index contributed by atoms with van der Waals surface area (Å²) in [7, 11) is 0. The van der Waals surface area contributed by atoms with Crippen LogP contribution in [0.4, 0.5) is 0 Å². The molecule has 1 N–H and O–H groups in total. The summed E-state index contributed by atoms with van der Waals surface area (Å²) in [6.45, 7) is 4.56. The third kappa shape index (κ3) is 4.30. The van der Waals surface area contributed by atoms with Gasteiger partial charge in [-0.15, -0.1) is 0 Å². The van der Waals surface area contributed by atoms with Crippen molar-refractivity contribution in [2.45, 2.75) is 57.3 Å². The number of unbranched alkanes of at least 4 members (excludes halogenated alkanes) is 3. The van der Waals surface area contributed by atoms with E-state index in [4.69, 9.17) is 0 Å². The second kappa shape index (κ2) is 9.59. The van der Waals surface area contributed by atoms with E-state index in [2.05, 4.69) is 80.6 Å². The van der Waals surface area contributed by atoms with Gasteiger partial charge in [-0.25, -0.2) is 0 Å². The standard InChI is InChI=1S/C27H32O/c1-3-4-5-12-19-24(22-15-8-6-9-16-22)27(2,23-17-10-7-11-18-23)25-20-13-14-21-26(25)28/h6-11,13-18,20-21,24,28H,3-5,12,19H2,1-2H3. The van der Waals surface area contributed by atoms with Crippen molar-refractivity contribution >= 4 is 0 Å². The molecule has 0 heterocycles. The lowest BCUT2D eigenvalue weighted by molar-refractivity contribution is 0.381. The SMILES string of the molecule is CCCCCCC(c1ccccc1)C(C)(c1ccccc1)c1ccccc1O. The first kappa shape index (κ1) is 20.2. The van der Waals surface area contributed by atoms with Gasteiger partial charge < -0.3 is 5.11 Å². The highest BCUT2D eigenvalue weighted by atomic mass is 16.3. The second-order valence-electron chi connectivity index (χ2n) is 7.90. The average molecular weight is 373 g/mol. The zero-order valence-electron chi connectivity index (χ0n) is 17.1. The molecule has 0 fully saturated rings. The predicted octanol–water partition coefficient (Wildman–Crippen LogP) is 7.45. The van der Waals surface area contributed by atoms with Crippen molar-refractivity contribution in [2.24, 2.45) is 0 Å². The number of hydrogen-bond acceptors (Lipinski definition) is 1. The molecule has 1 nitrogen and oxygen atoms in total. The van der Waals surface area contributed by atoms with Gasteiger partial charge in [0, 0.05) is 11.0 Å². The summed E-state index contributed by atoms with van der Waals surface area (Å²) in [5.41, 5.74) is 3.29. The third-order valence-corrected chi connectivity index (χ3v) is 6.08. The molecule has 0 radical (unpaired) electrons. The van der Waals surface area contributed by atoms with Crippen LogP contribution in [0, 0.1) is 0 Å². The van der Waals surface area contributed by atoms with Crippen LogP contribution >= 0.6 is 0 Å². The van der Waals surface area contributed by atoms with Crippen LogP contribution in [0.3, 0.4) is 0 Å². The second-order valence-corrected chi connectivity index (χ2v) is 7.90. The molecule has 0 aromatic heterocycles. The fraction of sp³-hybridized carbons (Fsp3) is 0.333. The van der Waals surface area contributed by atoms with Crippen LogP contribution in [0.25, 0.3) is 0 Å². The molecule has 0 aliphatic carbocycles. The highest BCUT2D eigenvalue weighted by molar-refractivity contribution is 5.49. The molecule has 3 aromatic rings. The van der Waals surface area contributed by atoms with Crippen LogP contribution < -0.4 is 0 Å². The molecular weight excluding hydrogens is 340 g/mol. The van der Waals surface area contributed by atoms with Gasteiger partial charge in [0.1, 0.15) is 5.75 Å². The molecule has 0 saturated carbocycles. The number of hydrogen-bond donors (Lipinski definition) is 1. The first-order valence-electron chi connectivity index (χ1n) is 10.6. The quantitative estimate of drug-likeness (QED) is 0.387. The summed E-state index contributed by atoms with van der Waals surface area (Å²) < 4.78 is 0. The Balaban J connectivity index is 2.13. The summed E-state index contributed by atoms with van der Waals surface area (Å²) in [6.07, 6.45) is 6.07. The fourth-order valence-electron chi connectivity index (χ4n) is 4.49. The molecule has 2 atom stereocenters. The van der Waals surface area contributed by atoms with Crippen LogP contribution in [0.2, 0.25) is 0 Å². The van der Waals surface area contributed by atoms with Gasteiger partial charge in [-0.3, -0.25) is 0 Å². The molecule has 146 valence electrons. The molecule has 0 aliphatic heterocycles. The van der Waals surface area contributed by atoms with Gasteiger partial charge >= 0.3 is 0 Å². The molecule has 0 saturated heterocycles. The fourth-order valence-corrected chi connectivity index (χ4v) is 4.49. The maximum atomic E-state index is 10.8. The Morgan fingerprint density at radius 2 is 1.36 bits per heavy atom. The Kier molecular flexibility index (Phi) is 6.92. The van der Waals surface area contributed by atoms with Crippen molar-refractivity contribution in [3.8, 4) is 5.75 Å². The number of aromatic hydroxyl groups is 1. The lowest BCUT2D eigenvalue weighted by Gasteiger charge is -2.40. The highest BCUT2D eigenvalue weighted by Gasteiger charge is 2.39. The predicted molar refractivity (Wildman–Crippen MR) is 119 cm³/mol. The summed E-state index contributed by atoms with van der Waals surface area (Å²) in [4.78, 5) is 0. The molecule has 28 heavy (non-hydrogen) atoms. The van der Waals surface area contributed by atoms with Gasteiger partial charge in [-0.1, -0.05) is 118 Å². The van der Waals surface area contributed by atoms with Crippen molar-refractivity contribution < 1.29 is 5.11 Å². The van der Waals surface area contributed by atoms with E-state index in [1.165, 1.54) is 36.8 Å². The lowest BCUT2D eigenvalue weighted by atomic mass is 9.63. The minimum Gasteiger partial charge on any atom is -0.508 e. The molecule has 0 amide bonds. The summed E-state index contributed by atoms with van der Waals surface area (Å²) in [5.74, 6) is 0.671. The van der Waals surface area contributed by atoms with Crippen molar-refractivity contribution in [1.82, 2.24) is 0 Å². The van der Waals surface area contributed by atoms with E-state index in [1.54, 1.807) is 0 Å². The van der Waals surface area contributed by atoms with Crippen LogP contribution in [0.5, 0.6) is 5.75 Å². The van der Waals surface area contributed by atoms with Crippen molar-refractivity contribution in [2.75, 3.05) is 0 Å². The Labute approximate surface area is 170 Å². The maximum absolute atomic E-state index is 10.8. The largest absolute Gasteiger partial charge is 0.508 e. The van der Waals surface area contributed by atoms with E-state index in [9.17, 15) is 5.11 Å². The zero-order chi connectivity index (χ0) is 19.8. The van der Waals surface area contributed by atoms with Gasteiger partial charge in [0.25, 0.3) is 0 Å². The van der Waals surface area contributed by atoms with E-state index in [0.717, 1.165) is 12.0 Å². The number of benzene rings is 3. The summed E-state index contributed by atoms with van der Waals surface area (Å²) in [5, 5.41) is 10.8. The van der Waals surface area contributed by atoms with E-state index >= 15 is 0 Å². The van der Waals surface area contributed by atoms with Gasteiger partial charge in [-0.05, 0) is 29.5 Å². The highest BCUT2D eigenvalue weighted by Crippen LogP contribution is 2.49. The van der Waals surface area contributed by atoms with Gasteiger partial charge in [-0.2, -0.15) is 0 Å². The van der Waals surface area contributed by atoms with E-state index in [0.29, 0.717) is 11.7 Å². The smallest absolute Gasteiger partial charge is 0.119 e. The summed E-state index contributed by atoms with van der Waals surface area (Å²) in [6, 6.07) is 29.3. The van der Waals surface area contributed by atoms with Gasteiger partial charge in [0.05, 0.1) is 0 Å². The Morgan fingerprint density at radius 3 is 2.00 bits per heavy atom. The Morgan fingerprint density at radius 1 is 0.750 bits per heavy atom. The van der Waals surface area contributed by atoms with Crippen molar-refractivity contribution in [1.29, 1.82) is 0 Å². The maximum Gasteiger partial charge on any atom is 0.119 e. The number of rotatable bonds is 9. The number of phenolic OH excluding ortho intramolecular Hbond substituents is 1. The molecule has 0 bridgehead atoms. The summed E-state index contributed by atoms with van der Waals surface area (Å²) >= 11 is 0. The van der Waals surface area contributed by atoms with Crippen LogP contribution in [0.1, 0.15) is 68.6 Å². The first-order valence-corrected chi connectivity index (χ1v) is 10.6. The minimum absolute atomic E-state index is 0.293. The van der Waals surface area contributed by atoms with Gasteiger partial charge in [0.2, 0.25) is 0 Å². The van der Waals surface area contributed by atoms with Crippen molar-refractivity contribution in [3.05, 3.63) is 102 Å². The molecule has 3 aromatic carbocycles. The van der Waals surface area contributed by atoms with E-state index in [-0.39, 0.29) is 5.41 Å². The zero-order valence-corrected chi connectivity index (χ0v) is 17.1. The molecular formula is C27H32O. The Bertz CT molecular complexity index is 840. The monoisotopic (exact) mass is 372 g/mol. The molecule has 1 heteroatoms. The van der Waals surface area contributed by atoms with Crippen LogP contribution in [0.15, 0.2) is 84.9 Å². The molecule has 0 spiro atoms. The Hall–Kier alpha value is -2.54. The average Bonchev–Trinajstić information content (AvgIpc) is 2.75. The third-order valence-electron chi connectivity index (χ3n) is 6.08. The molecule has 3 rings (SSSR count).